The van der Waals surface area contributed by atoms with Crippen molar-refractivity contribution in [2.75, 3.05) is 0 Å². The highest BCUT2D eigenvalue weighted by Gasteiger charge is 2.39. The molecule has 0 saturated carbocycles. The van der Waals surface area contributed by atoms with Gasteiger partial charge in [0.15, 0.2) is 8.32 Å². The van der Waals surface area contributed by atoms with Crippen LogP contribution < -0.4 is 0 Å². The van der Waals surface area contributed by atoms with Crippen molar-refractivity contribution in [1.29, 1.82) is 0 Å². The van der Waals surface area contributed by atoms with E-state index in [0.29, 0.717) is 0 Å². The van der Waals surface area contributed by atoms with Crippen LogP contribution in [0.4, 0.5) is 0 Å². The monoisotopic (exact) mass is 378 g/mol. The molecule has 1 aromatic rings. The van der Waals surface area contributed by atoms with Crippen LogP contribution in [0.2, 0.25) is 23.2 Å². The number of halogens is 1. The lowest BCUT2D eigenvalue weighted by Crippen LogP contribution is -2.41. The Morgan fingerprint density at radius 3 is 2.44 bits per heavy atom. The minimum Gasteiger partial charge on any atom is -0.410 e. The first kappa shape index (κ1) is 20.7. The lowest BCUT2D eigenvalue weighted by molar-refractivity contribution is 0.168. The zero-order valence-corrected chi connectivity index (χ0v) is 18.4. The van der Waals surface area contributed by atoms with E-state index in [-0.39, 0.29) is 11.1 Å². The largest absolute Gasteiger partial charge is 0.410 e. The predicted octanol–water partition coefficient (Wildman–Crippen LogP) is 7.93. The highest BCUT2D eigenvalue weighted by atomic mass is 35.5. The Morgan fingerprint density at radius 1 is 1.20 bits per heavy atom. The van der Waals surface area contributed by atoms with Crippen molar-refractivity contribution in [2.45, 2.75) is 83.5 Å². The van der Waals surface area contributed by atoms with E-state index in [9.17, 15) is 0 Å². The van der Waals surface area contributed by atoms with Gasteiger partial charge >= 0.3 is 0 Å². The molecule has 0 radical (unpaired) electrons. The number of hydrogen-bond acceptors (Lipinski definition) is 1. The molecule has 2 atom stereocenters. The second-order valence-electron chi connectivity index (χ2n) is 8.97. The van der Waals surface area contributed by atoms with E-state index in [1.807, 2.05) is 12.1 Å². The first-order valence-corrected chi connectivity index (χ1v) is 13.1. The summed E-state index contributed by atoms with van der Waals surface area (Å²) in [7, 11) is -1.80. The third-order valence-corrected chi connectivity index (χ3v) is 10.6. The van der Waals surface area contributed by atoms with Crippen LogP contribution in [0.3, 0.4) is 0 Å². The summed E-state index contributed by atoms with van der Waals surface area (Å²) in [6.07, 6.45) is 12.5. The molecule has 0 saturated heterocycles. The van der Waals surface area contributed by atoms with Gasteiger partial charge in [0.1, 0.15) is 0 Å². The minimum atomic E-state index is -1.80. The summed E-state index contributed by atoms with van der Waals surface area (Å²) in [5.74, 6) is 0.771. The fraction of sp³-hybridized carbons (Fsp3) is 0.636. The molecule has 0 bridgehead atoms. The van der Waals surface area contributed by atoms with Gasteiger partial charge in [-0.25, -0.2) is 0 Å². The number of rotatable bonds is 7. The normalized spacial score (nSPS) is 19.8. The summed E-state index contributed by atoms with van der Waals surface area (Å²) in [5.41, 5.74) is 1.27. The van der Waals surface area contributed by atoms with Crippen molar-refractivity contribution in [2.24, 2.45) is 5.92 Å². The van der Waals surface area contributed by atoms with Gasteiger partial charge in [-0.3, -0.25) is 0 Å². The van der Waals surface area contributed by atoms with E-state index >= 15 is 0 Å². The Kier molecular flexibility index (Phi) is 7.37. The summed E-state index contributed by atoms with van der Waals surface area (Å²) < 4.78 is 6.80. The zero-order chi connectivity index (χ0) is 18.5. The van der Waals surface area contributed by atoms with Gasteiger partial charge in [-0.1, -0.05) is 56.7 Å². The molecule has 140 valence electrons. The van der Waals surface area contributed by atoms with Crippen LogP contribution in [-0.2, 0) is 4.43 Å². The van der Waals surface area contributed by atoms with Crippen molar-refractivity contribution in [1.82, 2.24) is 0 Å². The second-order valence-corrected chi connectivity index (χ2v) is 14.2. The molecule has 0 spiro atoms. The highest BCUT2D eigenvalue weighted by molar-refractivity contribution is 6.74. The lowest BCUT2D eigenvalue weighted by Gasteiger charge is -2.39. The molecule has 1 aliphatic rings. The van der Waals surface area contributed by atoms with E-state index in [1.54, 1.807) is 0 Å². The van der Waals surface area contributed by atoms with Crippen LogP contribution in [0.5, 0.6) is 0 Å². The molecule has 1 aromatic carbocycles. The molecular formula is C22H35ClOSi. The fourth-order valence-electron chi connectivity index (χ4n) is 3.19. The van der Waals surface area contributed by atoms with Gasteiger partial charge in [0.25, 0.3) is 0 Å². The molecule has 0 amide bonds. The first-order valence-electron chi connectivity index (χ1n) is 9.79. The Hall–Kier alpha value is -0.573. The van der Waals surface area contributed by atoms with Crippen LogP contribution >= 0.6 is 11.6 Å². The first-order chi connectivity index (χ1) is 11.7. The molecule has 1 nitrogen and oxygen atoms in total. The third-order valence-electron chi connectivity index (χ3n) is 5.88. The molecule has 2 rings (SSSR count). The van der Waals surface area contributed by atoms with E-state index in [0.717, 1.165) is 17.4 Å². The maximum Gasteiger partial charge on any atom is 0.192 e. The summed E-state index contributed by atoms with van der Waals surface area (Å²) in [6.45, 7) is 11.6. The van der Waals surface area contributed by atoms with Crippen LogP contribution in [0.1, 0.15) is 71.0 Å². The maximum atomic E-state index is 6.80. The highest BCUT2D eigenvalue weighted by Crippen LogP contribution is 2.41. The molecule has 0 aromatic heterocycles. The van der Waals surface area contributed by atoms with Crippen LogP contribution in [0.15, 0.2) is 36.4 Å². The summed E-state index contributed by atoms with van der Waals surface area (Å²) in [6, 6.07) is 8.26. The van der Waals surface area contributed by atoms with E-state index in [2.05, 4.69) is 58.2 Å². The van der Waals surface area contributed by atoms with Crippen molar-refractivity contribution >= 4 is 19.9 Å². The van der Waals surface area contributed by atoms with Crippen LogP contribution in [-0.4, -0.2) is 8.32 Å². The fourth-order valence-corrected chi connectivity index (χ4v) is 4.64. The SMILES string of the molecule is CC(C)(C)[Si](C)(C)O[C@@H](CCCC1C=CCCC1)c1ccc(Cl)cc1. The second kappa shape index (κ2) is 8.88. The lowest BCUT2D eigenvalue weighted by atomic mass is 9.90. The van der Waals surface area contributed by atoms with Gasteiger partial charge in [0, 0.05) is 5.02 Å². The Labute approximate surface area is 160 Å². The minimum absolute atomic E-state index is 0.186. The smallest absolute Gasteiger partial charge is 0.192 e. The standard InChI is InChI=1S/C22H35ClOSi/c1-22(2,3)25(4,5)24-21(19-14-16-20(23)17-15-19)13-9-12-18-10-7-6-8-11-18/h7,10,14-18,21H,6,8-9,11-13H2,1-5H3/t18?,21-/m0/s1. The molecule has 25 heavy (non-hydrogen) atoms. The van der Waals surface area contributed by atoms with Crippen LogP contribution in [0, 0.1) is 5.92 Å². The molecule has 0 heterocycles. The Bertz CT molecular complexity index is 556. The molecule has 1 unspecified atom stereocenters. The van der Waals surface area contributed by atoms with E-state index in [4.69, 9.17) is 16.0 Å². The Morgan fingerprint density at radius 2 is 1.88 bits per heavy atom. The molecular weight excluding hydrogens is 344 g/mol. The van der Waals surface area contributed by atoms with Gasteiger partial charge in [0.05, 0.1) is 6.10 Å². The third kappa shape index (κ3) is 6.27. The summed E-state index contributed by atoms with van der Waals surface area (Å²) >= 11 is 6.09. The number of allylic oxidation sites excluding steroid dienone is 2. The molecule has 0 aliphatic heterocycles. The topological polar surface area (TPSA) is 9.23 Å². The molecule has 1 aliphatic carbocycles. The average Bonchev–Trinajstić information content (AvgIpc) is 2.54. The molecule has 3 heteroatoms. The summed E-state index contributed by atoms with van der Waals surface area (Å²) in [4.78, 5) is 0. The van der Waals surface area contributed by atoms with Crippen molar-refractivity contribution in [3.63, 3.8) is 0 Å². The molecule has 0 N–H and O–H groups in total. The van der Waals surface area contributed by atoms with Crippen molar-refractivity contribution < 1.29 is 4.43 Å². The summed E-state index contributed by atoms with van der Waals surface area (Å²) in [5, 5.41) is 1.02. The predicted molar refractivity (Wildman–Crippen MR) is 113 cm³/mol. The van der Waals surface area contributed by atoms with Crippen molar-refractivity contribution in [3.05, 3.63) is 47.0 Å². The van der Waals surface area contributed by atoms with Gasteiger partial charge in [0.2, 0.25) is 0 Å². The number of benzene rings is 1. The van der Waals surface area contributed by atoms with Crippen molar-refractivity contribution in [3.8, 4) is 0 Å². The maximum absolute atomic E-state index is 6.80. The van der Waals surface area contributed by atoms with Crippen LogP contribution in [0.25, 0.3) is 0 Å². The molecule has 0 fully saturated rings. The van der Waals surface area contributed by atoms with E-state index < -0.39 is 8.32 Å². The van der Waals surface area contributed by atoms with Gasteiger partial charge in [-0.2, -0.15) is 0 Å². The zero-order valence-electron chi connectivity index (χ0n) is 16.6. The van der Waals surface area contributed by atoms with Gasteiger partial charge in [-0.15, -0.1) is 0 Å². The van der Waals surface area contributed by atoms with Gasteiger partial charge < -0.3 is 4.43 Å². The average molecular weight is 379 g/mol. The number of hydrogen-bond donors (Lipinski definition) is 0. The van der Waals surface area contributed by atoms with Gasteiger partial charge in [-0.05, 0) is 80.3 Å². The quantitative estimate of drug-likeness (QED) is 0.345. The Balaban J connectivity index is 2.04. The van der Waals surface area contributed by atoms with E-state index in [1.165, 1.54) is 37.7 Å².